The molecule has 0 saturated heterocycles. The first-order chi connectivity index (χ1) is 11.9. The van der Waals surface area contributed by atoms with Gasteiger partial charge < -0.3 is 14.8 Å². The number of esters is 1. The summed E-state index contributed by atoms with van der Waals surface area (Å²) in [6.07, 6.45) is 0. The Hall–Kier alpha value is -2.38. The molecule has 0 aliphatic rings. The number of carbonyl (C=O) groups excluding carboxylic acids is 3. The Bertz CT molecular complexity index is 757. The number of carbonyl (C=O) groups is 3. The predicted molar refractivity (Wildman–Crippen MR) is 94.1 cm³/mol. The summed E-state index contributed by atoms with van der Waals surface area (Å²) in [5.41, 5.74) is 0. The summed E-state index contributed by atoms with van der Waals surface area (Å²) < 4.78 is 10.1. The van der Waals surface area contributed by atoms with E-state index in [2.05, 4.69) is 5.32 Å². The third kappa shape index (κ3) is 6.56. The average Bonchev–Trinajstić information content (AvgIpc) is 3.06. The number of hydrogen-bond acceptors (Lipinski definition) is 6. The SMILES string of the molecule is CC(=O)NCc1ccc(C(=O)COC(=O)COc2ccc(Cl)cc2)s1. The van der Waals surface area contributed by atoms with Gasteiger partial charge in [-0.1, -0.05) is 11.6 Å². The van der Waals surface area contributed by atoms with Crippen molar-refractivity contribution in [3.8, 4) is 5.75 Å². The van der Waals surface area contributed by atoms with Gasteiger partial charge in [-0.2, -0.15) is 0 Å². The average molecular weight is 382 g/mol. The summed E-state index contributed by atoms with van der Waals surface area (Å²) in [4.78, 5) is 35.8. The lowest BCUT2D eigenvalue weighted by atomic mass is 10.3. The second-order valence-corrected chi connectivity index (χ2v) is 6.61. The van der Waals surface area contributed by atoms with Gasteiger partial charge in [-0.05, 0) is 36.4 Å². The van der Waals surface area contributed by atoms with Gasteiger partial charge in [0.25, 0.3) is 0 Å². The van der Waals surface area contributed by atoms with Crippen LogP contribution in [0, 0.1) is 0 Å². The highest BCUT2D eigenvalue weighted by atomic mass is 35.5. The third-order valence-corrected chi connectivity index (χ3v) is 4.36. The van der Waals surface area contributed by atoms with Crippen LogP contribution >= 0.6 is 22.9 Å². The van der Waals surface area contributed by atoms with Gasteiger partial charge in [0.15, 0.2) is 13.2 Å². The van der Waals surface area contributed by atoms with Crippen LogP contribution in [-0.4, -0.2) is 30.9 Å². The largest absolute Gasteiger partial charge is 0.482 e. The number of rotatable bonds is 8. The van der Waals surface area contributed by atoms with E-state index in [0.29, 0.717) is 22.2 Å². The monoisotopic (exact) mass is 381 g/mol. The van der Waals surface area contributed by atoms with E-state index in [1.54, 1.807) is 36.4 Å². The number of thiophene rings is 1. The Kier molecular flexibility index (Phi) is 6.97. The number of hydrogen-bond donors (Lipinski definition) is 1. The Labute approximate surface area is 153 Å². The Balaban J connectivity index is 1.74. The summed E-state index contributed by atoms with van der Waals surface area (Å²) in [6.45, 7) is 1.13. The highest BCUT2D eigenvalue weighted by Crippen LogP contribution is 2.17. The van der Waals surface area contributed by atoms with E-state index in [9.17, 15) is 14.4 Å². The molecular weight excluding hydrogens is 366 g/mol. The molecule has 25 heavy (non-hydrogen) atoms. The van der Waals surface area contributed by atoms with Crippen LogP contribution in [0.1, 0.15) is 21.5 Å². The van der Waals surface area contributed by atoms with Crippen molar-refractivity contribution >= 4 is 40.6 Å². The number of amides is 1. The first kappa shape index (κ1) is 19.0. The van der Waals surface area contributed by atoms with Crippen molar-refractivity contribution in [3.63, 3.8) is 0 Å². The molecule has 0 aliphatic carbocycles. The molecule has 1 aromatic carbocycles. The number of nitrogens with one attached hydrogen (secondary N) is 1. The van der Waals surface area contributed by atoms with Crippen molar-refractivity contribution in [2.75, 3.05) is 13.2 Å². The van der Waals surface area contributed by atoms with Gasteiger partial charge in [0.05, 0.1) is 11.4 Å². The first-order valence-electron chi connectivity index (χ1n) is 7.34. The van der Waals surface area contributed by atoms with Gasteiger partial charge in [-0.15, -0.1) is 11.3 Å². The number of benzene rings is 1. The number of ether oxygens (including phenoxy) is 2. The number of ketones is 1. The van der Waals surface area contributed by atoms with Crippen molar-refractivity contribution in [3.05, 3.63) is 51.2 Å². The highest BCUT2D eigenvalue weighted by molar-refractivity contribution is 7.14. The Morgan fingerprint density at radius 2 is 1.80 bits per heavy atom. The summed E-state index contributed by atoms with van der Waals surface area (Å²) in [5.74, 6) is -0.610. The van der Waals surface area contributed by atoms with Crippen LogP contribution < -0.4 is 10.1 Å². The molecule has 0 fully saturated rings. The Morgan fingerprint density at radius 3 is 2.48 bits per heavy atom. The second kappa shape index (κ2) is 9.19. The van der Waals surface area contributed by atoms with Crippen LogP contribution in [0.4, 0.5) is 0 Å². The van der Waals surface area contributed by atoms with E-state index in [-0.39, 0.29) is 24.9 Å². The molecule has 132 valence electrons. The molecule has 0 spiro atoms. The summed E-state index contributed by atoms with van der Waals surface area (Å²) in [6, 6.07) is 9.93. The quantitative estimate of drug-likeness (QED) is 0.561. The molecule has 0 radical (unpaired) electrons. The maximum absolute atomic E-state index is 12.0. The molecule has 1 aromatic heterocycles. The predicted octanol–water partition coefficient (Wildman–Crippen LogP) is 2.84. The van der Waals surface area contributed by atoms with Crippen molar-refractivity contribution in [1.29, 1.82) is 0 Å². The van der Waals surface area contributed by atoms with E-state index in [0.717, 1.165) is 4.88 Å². The lowest BCUT2D eigenvalue weighted by molar-refractivity contribution is -0.144. The molecular formula is C17H16ClNO5S. The van der Waals surface area contributed by atoms with Crippen LogP contribution in [0.5, 0.6) is 5.75 Å². The molecule has 0 saturated carbocycles. The number of Topliss-reactive ketones (excluding diaryl/α,β-unsaturated/α-hetero) is 1. The molecule has 0 bridgehead atoms. The number of halogens is 1. The smallest absolute Gasteiger partial charge is 0.344 e. The minimum atomic E-state index is -0.640. The molecule has 6 nitrogen and oxygen atoms in total. The minimum absolute atomic E-state index is 0.143. The topological polar surface area (TPSA) is 81.7 Å². The zero-order valence-electron chi connectivity index (χ0n) is 13.4. The van der Waals surface area contributed by atoms with Crippen LogP contribution in [0.3, 0.4) is 0 Å². The zero-order valence-corrected chi connectivity index (χ0v) is 15.0. The summed E-state index contributed by atoms with van der Waals surface area (Å²) in [5, 5.41) is 3.21. The molecule has 0 aliphatic heterocycles. The van der Waals surface area contributed by atoms with Gasteiger partial charge >= 0.3 is 5.97 Å². The lowest BCUT2D eigenvalue weighted by Crippen LogP contribution is -2.19. The third-order valence-electron chi connectivity index (χ3n) is 2.98. The minimum Gasteiger partial charge on any atom is -0.482 e. The zero-order chi connectivity index (χ0) is 18.2. The molecule has 1 heterocycles. The highest BCUT2D eigenvalue weighted by Gasteiger charge is 2.13. The van der Waals surface area contributed by atoms with E-state index in [1.165, 1.54) is 18.3 Å². The van der Waals surface area contributed by atoms with Crippen molar-refractivity contribution in [2.45, 2.75) is 13.5 Å². The molecule has 0 atom stereocenters. The summed E-state index contributed by atoms with van der Waals surface area (Å²) >= 11 is 7.00. The van der Waals surface area contributed by atoms with Gasteiger partial charge in [-0.25, -0.2) is 4.79 Å². The van der Waals surface area contributed by atoms with Crippen LogP contribution in [-0.2, 0) is 20.9 Å². The maximum atomic E-state index is 12.0. The molecule has 2 rings (SSSR count). The van der Waals surface area contributed by atoms with Gasteiger partial charge in [0.1, 0.15) is 5.75 Å². The van der Waals surface area contributed by atoms with E-state index >= 15 is 0 Å². The van der Waals surface area contributed by atoms with Crippen molar-refractivity contribution < 1.29 is 23.9 Å². The van der Waals surface area contributed by atoms with Gasteiger partial charge in [0, 0.05) is 16.8 Å². The fourth-order valence-corrected chi connectivity index (χ4v) is 2.76. The lowest BCUT2D eigenvalue weighted by Gasteiger charge is -2.06. The first-order valence-corrected chi connectivity index (χ1v) is 8.54. The molecule has 8 heteroatoms. The van der Waals surface area contributed by atoms with E-state index in [4.69, 9.17) is 21.1 Å². The Morgan fingerprint density at radius 1 is 1.08 bits per heavy atom. The van der Waals surface area contributed by atoms with Crippen LogP contribution in [0.15, 0.2) is 36.4 Å². The fourth-order valence-electron chi connectivity index (χ4n) is 1.77. The van der Waals surface area contributed by atoms with Crippen LogP contribution in [0.25, 0.3) is 0 Å². The van der Waals surface area contributed by atoms with E-state index < -0.39 is 5.97 Å². The second-order valence-electron chi connectivity index (χ2n) is 5.00. The van der Waals surface area contributed by atoms with Crippen LogP contribution in [0.2, 0.25) is 5.02 Å². The normalized spacial score (nSPS) is 10.2. The summed E-state index contributed by atoms with van der Waals surface area (Å²) in [7, 11) is 0. The molecule has 2 aromatic rings. The van der Waals surface area contributed by atoms with Gasteiger partial charge in [0.2, 0.25) is 11.7 Å². The fraction of sp³-hybridized carbons (Fsp3) is 0.235. The van der Waals surface area contributed by atoms with Crippen molar-refractivity contribution in [2.24, 2.45) is 0 Å². The standard InChI is InChI=1S/C17H16ClNO5S/c1-11(20)19-8-14-6-7-16(25-14)15(21)9-24-17(22)10-23-13-4-2-12(18)3-5-13/h2-7H,8-10H2,1H3,(H,19,20). The maximum Gasteiger partial charge on any atom is 0.344 e. The van der Waals surface area contributed by atoms with E-state index in [1.807, 2.05) is 0 Å². The molecule has 0 unspecified atom stereocenters. The van der Waals surface area contributed by atoms with Crippen molar-refractivity contribution in [1.82, 2.24) is 5.32 Å². The molecule has 1 amide bonds. The van der Waals surface area contributed by atoms with Gasteiger partial charge in [-0.3, -0.25) is 9.59 Å². The molecule has 1 N–H and O–H groups in total.